The summed E-state index contributed by atoms with van der Waals surface area (Å²) in [6.45, 7) is 2.74. The van der Waals surface area contributed by atoms with Gasteiger partial charge in [0, 0.05) is 19.2 Å². The first-order chi connectivity index (χ1) is 11.3. The van der Waals surface area contributed by atoms with Crippen molar-refractivity contribution in [1.29, 1.82) is 0 Å². The maximum absolute atomic E-state index is 13.1. The molecule has 0 radical (unpaired) electrons. The molecule has 2 saturated heterocycles. The summed E-state index contributed by atoms with van der Waals surface area (Å²) in [4.78, 5) is 0.204. The van der Waals surface area contributed by atoms with Crippen molar-refractivity contribution in [2.24, 2.45) is 0 Å². The van der Waals surface area contributed by atoms with E-state index in [1.807, 2.05) is 6.92 Å². The molecule has 0 saturated carbocycles. The van der Waals surface area contributed by atoms with Crippen molar-refractivity contribution in [2.45, 2.75) is 43.2 Å². The molecular weight excluding hydrogens is 350 g/mol. The van der Waals surface area contributed by atoms with Gasteiger partial charge in [-0.3, -0.25) is 0 Å². The third-order valence-electron chi connectivity index (χ3n) is 4.65. The van der Waals surface area contributed by atoms with Gasteiger partial charge >= 0.3 is 0 Å². The molecule has 8 heteroatoms. The first kappa shape index (κ1) is 17.8. The van der Waals surface area contributed by atoms with Crippen LogP contribution < -0.4 is 0 Å². The van der Waals surface area contributed by atoms with Gasteiger partial charge in [0.15, 0.2) is 9.84 Å². The highest BCUT2D eigenvalue weighted by atomic mass is 32.2. The monoisotopic (exact) mass is 373 g/mol. The molecule has 0 bridgehead atoms. The Hall–Kier alpha value is -0.960. The molecule has 0 amide bonds. The minimum Gasteiger partial charge on any atom is -0.377 e. The number of benzene rings is 1. The highest BCUT2D eigenvalue weighted by Gasteiger charge is 2.40. The van der Waals surface area contributed by atoms with E-state index in [0.717, 1.165) is 18.4 Å². The molecule has 3 rings (SSSR count). The summed E-state index contributed by atoms with van der Waals surface area (Å²) in [7, 11) is -6.92. The van der Waals surface area contributed by atoms with E-state index in [9.17, 15) is 16.8 Å². The van der Waals surface area contributed by atoms with Crippen LogP contribution in [0.2, 0.25) is 0 Å². The molecular formula is C16H23NO5S2. The fraction of sp³-hybridized carbons (Fsp3) is 0.625. The van der Waals surface area contributed by atoms with Crippen LogP contribution in [-0.4, -0.2) is 57.9 Å². The van der Waals surface area contributed by atoms with Crippen molar-refractivity contribution in [2.75, 3.05) is 24.7 Å². The average Bonchev–Trinajstić information content (AvgIpc) is 3.14. The third kappa shape index (κ3) is 3.82. The van der Waals surface area contributed by atoms with Crippen LogP contribution in [0, 0.1) is 6.92 Å². The van der Waals surface area contributed by atoms with Crippen molar-refractivity contribution in [3.05, 3.63) is 29.8 Å². The Morgan fingerprint density at radius 3 is 2.46 bits per heavy atom. The fourth-order valence-corrected chi connectivity index (χ4v) is 6.79. The second kappa shape index (κ2) is 6.74. The average molecular weight is 373 g/mol. The van der Waals surface area contributed by atoms with E-state index in [1.165, 1.54) is 4.31 Å². The molecule has 6 nitrogen and oxygen atoms in total. The SMILES string of the molecule is Cc1ccc(S(=O)(=O)N(C[C@@H]2CCCO2)[C@@H]2CCS(=O)(=O)C2)cc1. The number of nitrogens with zero attached hydrogens (tertiary/aromatic N) is 1. The Bertz CT molecular complexity index is 780. The highest BCUT2D eigenvalue weighted by molar-refractivity contribution is 7.92. The third-order valence-corrected chi connectivity index (χ3v) is 8.33. The predicted molar refractivity (Wildman–Crippen MR) is 91.1 cm³/mol. The van der Waals surface area contributed by atoms with Gasteiger partial charge in [-0.1, -0.05) is 17.7 Å². The quantitative estimate of drug-likeness (QED) is 0.778. The van der Waals surface area contributed by atoms with E-state index in [0.29, 0.717) is 13.0 Å². The molecule has 0 N–H and O–H groups in total. The molecule has 24 heavy (non-hydrogen) atoms. The summed E-state index contributed by atoms with van der Waals surface area (Å²) in [6, 6.07) is 6.16. The lowest BCUT2D eigenvalue weighted by molar-refractivity contribution is 0.0877. The predicted octanol–water partition coefficient (Wildman–Crippen LogP) is 1.35. The number of rotatable bonds is 5. The van der Waals surface area contributed by atoms with E-state index in [2.05, 4.69) is 0 Å². The molecule has 1 aromatic rings. The highest BCUT2D eigenvalue weighted by Crippen LogP contribution is 2.27. The summed E-state index contributed by atoms with van der Waals surface area (Å²) in [5, 5.41) is 0. The van der Waals surface area contributed by atoms with Gasteiger partial charge in [-0.25, -0.2) is 16.8 Å². The van der Waals surface area contributed by atoms with Gasteiger partial charge < -0.3 is 4.74 Å². The molecule has 2 aliphatic rings. The standard InChI is InChI=1S/C16H23NO5S2/c1-13-4-6-16(7-5-13)24(20,21)17(11-15-3-2-9-22-15)14-8-10-23(18,19)12-14/h4-7,14-15H,2-3,8-12H2,1H3/t14-,15+/m1/s1. The van der Waals surface area contributed by atoms with Gasteiger partial charge in [0.05, 0.1) is 22.5 Å². The molecule has 1 aromatic carbocycles. The van der Waals surface area contributed by atoms with Gasteiger partial charge in [-0.2, -0.15) is 4.31 Å². The number of sulfonamides is 1. The van der Waals surface area contributed by atoms with Crippen molar-refractivity contribution in [1.82, 2.24) is 4.31 Å². The second-order valence-electron chi connectivity index (χ2n) is 6.58. The lowest BCUT2D eigenvalue weighted by Gasteiger charge is -2.29. The van der Waals surface area contributed by atoms with Crippen LogP contribution in [0.4, 0.5) is 0 Å². The van der Waals surface area contributed by atoms with Crippen LogP contribution in [0.1, 0.15) is 24.8 Å². The molecule has 0 aromatic heterocycles. The normalized spacial score (nSPS) is 26.9. The molecule has 134 valence electrons. The summed E-state index contributed by atoms with van der Waals surface area (Å²) in [5.41, 5.74) is 0.975. The Morgan fingerprint density at radius 1 is 1.21 bits per heavy atom. The van der Waals surface area contributed by atoms with Crippen LogP contribution in [0.25, 0.3) is 0 Å². The lowest BCUT2D eigenvalue weighted by atomic mass is 10.2. The first-order valence-electron chi connectivity index (χ1n) is 8.18. The van der Waals surface area contributed by atoms with Crippen LogP contribution in [0.5, 0.6) is 0 Å². The summed E-state index contributed by atoms with van der Waals surface area (Å²) in [5.74, 6) is -0.0616. The molecule has 0 aliphatic carbocycles. The van der Waals surface area contributed by atoms with E-state index in [-0.39, 0.29) is 29.0 Å². The maximum atomic E-state index is 13.1. The summed E-state index contributed by atoms with van der Waals surface area (Å²) < 4.78 is 56.8. The van der Waals surface area contributed by atoms with Crippen molar-refractivity contribution < 1.29 is 21.6 Å². The number of aryl methyl sites for hydroxylation is 1. The summed E-state index contributed by atoms with van der Waals surface area (Å²) in [6.07, 6.45) is 1.90. The van der Waals surface area contributed by atoms with E-state index in [4.69, 9.17) is 4.74 Å². The zero-order chi connectivity index (χ0) is 17.4. The maximum Gasteiger partial charge on any atom is 0.243 e. The molecule has 2 heterocycles. The van der Waals surface area contributed by atoms with Gasteiger partial charge in [0.25, 0.3) is 0 Å². The van der Waals surface area contributed by atoms with Gasteiger partial charge in [-0.05, 0) is 38.3 Å². The Morgan fingerprint density at radius 2 is 1.92 bits per heavy atom. The number of hydrogen-bond donors (Lipinski definition) is 0. The zero-order valence-electron chi connectivity index (χ0n) is 13.7. The fourth-order valence-electron chi connectivity index (χ4n) is 3.28. The molecule has 2 fully saturated rings. The Balaban J connectivity index is 1.91. The second-order valence-corrected chi connectivity index (χ2v) is 10.7. The number of sulfone groups is 1. The van der Waals surface area contributed by atoms with Crippen LogP contribution in [0.3, 0.4) is 0 Å². The number of hydrogen-bond acceptors (Lipinski definition) is 5. The molecule has 0 spiro atoms. The van der Waals surface area contributed by atoms with E-state index in [1.54, 1.807) is 24.3 Å². The largest absolute Gasteiger partial charge is 0.377 e. The first-order valence-corrected chi connectivity index (χ1v) is 11.4. The lowest BCUT2D eigenvalue weighted by Crippen LogP contribution is -2.45. The van der Waals surface area contributed by atoms with Crippen LogP contribution in [-0.2, 0) is 24.6 Å². The smallest absolute Gasteiger partial charge is 0.243 e. The molecule has 0 unspecified atom stereocenters. The molecule has 2 aliphatic heterocycles. The van der Waals surface area contributed by atoms with E-state index < -0.39 is 25.9 Å². The minimum atomic E-state index is -3.75. The van der Waals surface area contributed by atoms with Crippen molar-refractivity contribution in [3.63, 3.8) is 0 Å². The van der Waals surface area contributed by atoms with Crippen molar-refractivity contribution >= 4 is 19.9 Å². The minimum absolute atomic E-state index is 0.0448. The Kier molecular flexibility index (Phi) is 5.01. The van der Waals surface area contributed by atoms with Crippen LogP contribution in [0.15, 0.2) is 29.2 Å². The van der Waals surface area contributed by atoms with Gasteiger partial charge in [-0.15, -0.1) is 0 Å². The van der Waals surface area contributed by atoms with E-state index >= 15 is 0 Å². The summed E-state index contributed by atoms with van der Waals surface area (Å²) >= 11 is 0. The van der Waals surface area contributed by atoms with Crippen molar-refractivity contribution in [3.8, 4) is 0 Å². The van der Waals surface area contributed by atoms with Gasteiger partial charge in [0.2, 0.25) is 10.0 Å². The topological polar surface area (TPSA) is 80.8 Å². The number of ether oxygens (including phenoxy) is 1. The zero-order valence-corrected chi connectivity index (χ0v) is 15.4. The molecule has 2 atom stereocenters. The van der Waals surface area contributed by atoms with Crippen LogP contribution >= 0.6 is 0 Å². The Labute approximate surface area is 143 Å². The van der Waals surface area contributed by atoms with Gasteiger partial charge in [0.1, 0.15) is 0 Å².